The van der Waals surface area contributed by atoms with Crippen molar-refractivity contribution in [2.45, 2.75) is 24.4 Å². The molecule has 0 aliphatic carbocycles. The van der Waals surface area contributed by atoms with E-state index in [0.717, 1.165) is 16.6 Å². The Labute approximate surface area is 190 Å². The molecule has 0 fully saturated rings. The highest BCUT2D eigenvalue weighted by Crippen LogP contribution is 2.25. The lowest BCUT2D eigenvalue weighted by molar-refractivity contribution is 0.0886. The van der Waals surface area contributed by atoms with Gasteiger partial charge in [0.25, 0.3) is 0 Å². The van der Waals surface area contributed by atoms with Gasteiger partial charge in [-0.15, -0.1) is 0 Å². The Bertz CT molecular complexity index is 1170. The van der Waals surface area contributed by atoms with E-state index in [1.54, 1.807) is 13.3 Å². The number of methoxy groups -OCH3 is 1. The summed E-state index contributed by atoms with van der Waals surface area (Å²) < 4.78 is 29.7. The van der Waals surface area contributed by atoms with Gasteiger partial charge in [-0.2, -0.15) is 4.98 Å². The molecule has 4 rings (SSSR count). The van der Waals surface area contributed by atoms with E-state index in [4.69, 9.17) is 14.2 Å². The van der Waals surface area contributed by atoms with Crippen LogP contribution in [0.25, 0.3) is 11.0 Å². The van der Waals surface area contributed by atoms with Gasteiger partial charge in [0.05, 0.1) is 37.1 Å². The maximum Gasteiger partial charge on any atom is 0.322 e. The zero-order chi connectivity index (χ0) is 22.3. The lowest BCUT2D eigenvalue weighted by atomic mass is 10.2. The molecule has 1 atom stereocenters. The Morgan fingerprint density at radius 2 is 1.91 bits per heavy atom. The summed E-state index contributed by atoms with van der Waals surface area (Å²) in [6, 6.07) is 17.3. The summed E-state index contributed by atoms with van der Waals surface area (Å²) in [7, 11) is 1.60. The Balaban J connectivity index is 1.34. The minimum absolute atomic E-state index is 0.241. The van der Waals surface area contributed by atoms with E-state index < -0.39 is 11.2 Å². The molecule has 2 heterocycles. The van der Waals surface area contributed by atoms with E-state index in [2.05, 4.69) is 15.0 Å². The Hall–Kier alpha value is -3.07. The molecule has 0 aliphatic rings. The summed E-state index contributed by atoms with van der Waals surface area (Å²) in [5, 5.41) is 0.412. The highest BCUT2D eigenvalue weighted by molar-refractivity contribution is 7.90. The monoisotopic (exact) mass is 451 g/mol. The number of hydrogen-bond acceptors (Lipinski definition) is 6. The van der Waals surface area contributed by atoms with Gasteiger partial charge >= 0.3 is 5.16 Å². The minimum atomic E-state index is -1.37. The number of pyridine rings is 1. The molecule has 8 heteroatoms. The second kappa shape index (κ2) is 10.5. The summed E-state index contributed by atoms with van der Waals surface area (Å²) in [5.41, 5.74) is 4.23. The standard InChI is InChI=1S/C24H25N3O4S/c1-17-22(16-32(28)24-26-20-9-8-19(29-2)14-21(20)27-24)25-11-10-23(17)31-13-12-30-15-18-6-4-3-5-7-18/h3-11,14H,12-13,15-16H2,1-2H3,(H,26,27). The molecule has 0 saturated heterocycles. The van der Waals surface area contributed by atoms with Crippen molar-refractivity contribution in [2.75, 3.05) is 20.3 Å². The number of rotatable bonds is 10. The van der Waals surface area contributed by atoms with Crippen molar-refractivity contribution < 1.29 is 18.8 Å². The first kappa shape index (κ1) is 22.1. The molecule has 0 saturated carbocycles. The Morgan fingerprint density at radius 1 is 1.06 bits per heavy atom. The molecule has 0 bridgehead atoms. The molecule has 0 amide bonds. The van der Waals surface area contributed by atoms with Crippen LogP contribution in [0.4, 0.5) is 0 Å². The first-order valence-electron chi connectivity index (χ1n) is 10.2. The third kappa shape index (κ3) is 5.40. The number of imidazole rings is 1. The molecule has 32 heavy (non-hydrogen) atoms. The fourth-order valence-electron chi connectivity index (χ4n) is 3.23. The molecule has 1 N–H and O–H groups in total. The number of H-pyrrole nitrogens is 1. The number of nitrogens with zero attached hydrogens (tertiary/aromatic N) is 2. The maximum atomic E-state index is 12.9. The number of aromatic nitrogens is 3. The summed E-state index contributed by atoms with van der Waals surface area (Å²) >= 11 is -1.37. The summed E-state index contributed by atoms with van der Waals surface area (Å²) in [6.07, 6.45) is 1.67. The molecule has 7 nitrogen and oxygen atoms in total. The molecule has 166 valence electrons. The Kier molecular flexibility index (Phi) is 7.26. The molecule has 4 aromatic rings. The zero-order valence-corrected chi connectivity index (χ0v) is 18.9. The second-order valence-corrected chi connectivity index (χ2v) is 8.55. The summed E-state index contributed by atoms with van der Waals surface area (Å²) in [6.45, 7) is 3.36. The van der Waals surface area contributed by atoms with Gasteiger partial charge in [-0.3, -0.25) is 9.97 Å². The van der Waals surface area contributed by atoms with E-state index in [0.29, 0.717) is 47.7 Å². The van der Waals surface area contributed by atoms with E-state index in [9.17, 15) is 4.55 Å². The van der Waals surface area contributed by atoms with Gasteiger partial charge in [-0.1, -0.05) is 30.3 Å². The number of benzene rings is 2. The normalized spacial score (nSPS) is 12.1. The van der Waals surface area contributed by atoms with Crippen LogP contribution >= 0.6 is 0 Å². The third-order valence-electron chi connectivity index (χ3n) is 5.01. The van der Waals surface area contributed by atoms with Crippen LogP contribution in [0.5, 0.6) is 11.5 Å². The molecular weight excluding hydrogens is 426 g/mol. The average Bonchev–Trinajstić information content (AvgIpc) is 3.25. The molecular formula is C24H25N3O4S. The predicted molar refractivity (Wildman–Crippen MR) is 123 cm³/mol. The number of aromatic amines is 1. The molecule has 2 aromatic heterocycles. The average molecular weight is 452 g/mol. The highest BCUT2D eigenvalue weighted by atomic mass is 32.2. The van der Waals surface area contributed by atoms with Crippen molar-refractivity contribution in [3.05, 3.63) is 77.6 Å². The van der Waals surface area contributed by atoms with Crippen LogP contribution in [0.15, 0.2) is 66.0 Å². The van der Waals surface area contributed by atoms with Crippen molar-refractivity contribution in [3.63, 3.8) is 0 Å². The summed E-state index contributed by atoms with van der Waals surface area (Å²) in [4.78, 5) is 12.0. The molecule has 0 spiro atoms. The highest BCUT2D eigenvalue weighted by Gasteiger charge is 2.20. The molecule has 1 unspecified atom stereocenters. The van der Waals surface area contributed by atoms with Gasteiger partial charge in [0.1, 0.15) is 18.1 Å². The lowest BCUT2D eigenvalue weighted by Gasteiger charge is -2.13. The van der Waals surface area contributed by atoms with Gasteiger partial charge in [-0.25, -0.2) is 0 Å². The quantitative estimate of drug-likeness (QED) is 0.287. The van der Waals surface area contributed by atoms with Crippen LogP contribution in [-0.2, 0) is 28.3 Å². The van der Waals surface area contributed by atoms with Crippen LogP contribution in [-0.4, -0.2) is 39.8 Å². The molecule has 2 aromatic carbocycles. The van der Waals surface area contributed by atoms with Crippen LogP contribution in [0.1, 0.15) is 16.8 Å². The van der Waals surface area contributed by atoms with Gasteiger partial charge in [0.15, 0.2) is 5.75 Å². The smallest absolute Gasteiger partial charge is 0.322 e. The second-order valence-electron chi connectivity index (χ2n) is 7.18. The molecule has 0 aliphatic heterocycles. The Morgan fingerprint density at radius 3 is 2.72 bits per heavy atom. The number of hydrogen-bond donors (Lipinski definition) is 1. The van der Waals surface area contributed by atoms with Crippen molar-refractivity contribution in [1.29, 1.82) is 0 Å². The largest absolute Gasteiger partial charge is 0.609 e. The van der Waals surface area contributed by atoms with Crippen LogP contribution in [0.3, 0.4) is 0 Å². The van der Waals surface area contributed by atoms with Crippen LogP contribution in [0.2, 0.25) is 0 Å². The first-order valence-corrected chi connectivity index (χ1v) is 11.6. The lowest BCUT2D eigenvalue weighted by Crippen LogP contribution is -2.11. The third-order valence-corrected chi connectivity index (χ3v) is 6.17. The zero-order valence-electron chi connectivity index (χ0n) is 18.0. The van der Waals surface area contributed by atoms with Gasteiger partial charge in [-0.05, 0) is 30.7 Å². The molecule has 0 radical (unpaired) electrons. The van der Waals surface area contributed by atoms with Crippen molar-refractivity contribution in [2.24, 2.45) is 0 Å². The van der Waals surface area contributed by atoms with Crippen LogP contribution < -0.4 is 9.47 Å². The fraction of sp³-hybridized carbons (Fsp3) is 0.250. The predicted octanol–water partition coefficient (Wildman–Crippen LogP) is 4.18. The van der Waals surface area contributed by atoms with Gasteiger partial charge < -0.3 is 18.8 Å². The SMILES string of the molecule is COc1ccc2[nH]c([S+]([O-])Cc3nccc(OCCOCc4ccccc4)c3C)nc2c1. The van der Waals surface area contributed by atoms with E-state index in [1.807, 2.05) is 61.5 Å². The van der Waals surface area contributed by atoms with E-state index in [1.165, 1.54) is 0 Å². The fourth-order valence-corrected chi connectivity index (χ4v) is 4.33. The van der Waals surface area contributed by atoms with E-state index in [-0.39, 0.29) is 5.75 Å². The number of ether oxygens (including phenoxy) is 3. The maximum absolute atomic E-state index is 12.9. The minimum Gasteiger partial charge on any atom is -0.609 e. The van der Waals surface area contributed by atoms with Crippen molar-refractivity contribution >= 4 is 22.2 Å². The first-order chi connectivity index (χ1) is 15.6. The van der Waals surface area contributed by atoms with E-state index >= 15 is 0 Å². The van der Waals surface area contributed by atoms with Gasteiger partial charge in [0, 0.05) is 29.0 Å². The topological polar surface area (TPSA) is 92.3 Å². The van der Waals surface area contributed by atoms with Crippen LogP contribution in [0, 0.1) is 6.92 Å². The number of fused-ring (bicyclic) bond motifs is 1. The van der Waals surface area contributed by atoms with Crippen molar-refractivity contribution in [1.82, 2.24) is 15.0 Å². The van der Waals surface area contributed by atoms with Gasteiger partial charge in [0.2, 0.25) is 0 Å². The van der Waals surface area contributed by atoms with Crippen molar-refractivity contribution in [3.8, 4) is 11.5 Å². The number of nitrogens with one attached hydrogen (secondary N) is 1. The summed E-state index contributed by atoms with van der Waals surface area (Å²) in [5.74, 6) is 1.66.